The van der Waals surface area contributed by atoms with Crippen LogP contribution in [0.5, 0.6) is 0 Å². The van der Waals surface area contributed by atoms with Gasteiger partial charge in [0.1, 0.15) is 0 Å². The van der Waals surface area contributed by atoms with Crippen LogP contribution >= 0.6 is 24.8 Å². The van der Waals surface area contributed by atoms with E-state index < -0.39 is 0 Å². The van der Waals surface area contributed by atoms with Crippen LogP contribution in [-0.4, -0.2) is 35.5 Å². The first-order valence-electron chi connectivity index (χ1n) is 11.1. The molecule has 33 heavy (non-hydrogen) atoms. The molecule has 0 aliphatic carbocycles. The molecule has 1 atom stereocenters. The lowest BCUT2D eigenvalue weighted by atomic mass is 9.83. The van der Waals surface area contributed by atoms with E-state index in [2.05, 4.69) is 88.7 Å². The molecule has 0 N–H and O–H groups in total. The van der Waals surface area contributed by atoms with Crippen molar-refractivity contribution in [1.82, 2.24) is 9.80 Å². The van der Waals surface area contributed by atoms with E-state index in [1.165, 1.54) is 16.8 Å². The van der Waals surface area contributed by atoms with Gasteiger partial charge in [0.05, 0.1) is 17.7 Å². The monoisotopic (exact) mass is 477 g/mol. The molecule has 1 fully saturated rings. The summed E-state index contributed by atoms with van der Waals surface area (Å²) in [4.78, 5) is 5.16. The second-order valence-corrected chi connectivity index (χ2v) is 8.48. The molecule has 0 bridgehead atoms. The van der Waals surface area contributed by atoms with Crippen molar-refractivity contribution in [1.29, 1.82) is 5.26 Å². The van der Waals surface area contributed by atoms with Gasteiger partial charge in [0.15, 0.2) is 0 Å². The summed E-state index contributed by atoms with van der Waals surface area (Å²) in [6.45, 7) is 3.83. The van der Waals surface area contributed by atoms with Gasteiger partial charge >= 0.3 is 0 Å². The largest absolute Gasteiger partial charge is 0.368 e. The SMILES string of the molecule is Cl.Cl.N#Cc1ccccc1CN1CC2=CCCN2[C@H](C(c2ccccc2)c2ccccc2)C1. The van der Waals surface area contributed by atoms with Gasteiger partial charge in [-0.25, -0.2) is 0 Å². The molecule has 0 amide bonds. The van der Waals surface area contributed by atoms with Gasteiger partial charge in [-0.3, -0.25) is 4.90 Å². The van der Waals surface area contributed by atoms with E-state index >= 15 is 0 Å². The van der Waals surface area contributed by atoms with Gasteiger partial charge in [-0.15, -0.1) is 24.8 Å². The summed E-state index contributed by atoms with van der Waals surface area (Å²) in [5.41, 5.74) is 6.06. The maximum Gasteiger partial charge on any atom is 0.0995 e. The molecule has 3 aromatic rings. The fourth-order valence-electron chi connectivity index (χ4n) is 5.19. The van der Waals surface area contributed by atoms with E-state index in [4.69, 9.17) is 0 Å². The van der Waals surface area contributed by atoms with Crippen LogP contribution in [0, 0.1) is 11.3 Å². The van der Waals surface area contributed by atoms with Gasteiger partial charge in [-0.1, -0.05) is 84.9 Å². The Bertz CT molecular complexity index is 1070. The number of halogens is 2. The van der Waals surface area contributed by atoms with Crippen molar-refractivity contribution in [2.75, 3.05) is 19.6 Å². The molecule has 3 aromatic carbocycles. The fourth-order valence-corrected chi connectivity index (χ4v) is 5.19. The summed E-state index contributed by atoms with van der Waals surface area (Å²) in [7, 11) is 0. The zero-order valence-corrected chi connectivity index (χ0v) is 20.1. The molecule has 3 nitrogen and oxygen atoms in total. The predicted octanol–water partition coefficient (Wildman–Crippen LogP) is 6.01. The second kappa shape index (κ2) is 11.4. The predicted molar refractivity (Wildman–Crippen MR) is 139 cm³/mol. The van der Waals surface area contributed by atoms with Crippen LogP contribution in [0.25, 0.3) is 0 Å². The quantitative estimate of drug-likeness (QED) is 0.450. The summed E-state index contributed by atoms with van der Waals surface area (Å²) in [6.07, 6.45) is 3.52. The minimum Gasteiger partial charge on any atom is -0.368 e. The number of rotatable bonds is 5. The number of nitrogens with zero attached hydrogens (tertiary/aromatic N) is 3. The molecule has 5 heteroatoms. The molecule has 0 radical (unpaired) electrons. The van der Waals surface area contributed by atoms with E-state index in [-0.39, 0.29) is 24.8 Å². The molecule has 170 valence electrons. The van der Waals surface area contributed by atoms with E-state index in [1.54, 1.807) is 0 Å². The molecule has 1 saturated heterocycles. The van der Waals surface area contributed by atoms with Crippen molar-refractivity contribution >= 4 is 24.8 Å². The normalized spacial score (nSPS) is 17.4. The van der Waals surface area contributed by atoms with Crippen molar-refractivity contribution < 1.29 is 0 Å². The first kappa shape index (κ1) is 24.9. The first-order valence-corrected chi connectivity index (χ1v) is 11.1. The summed E-state index contributed by atoms with van der Waals surface area (Å²) in [5.74, 6) is 0.304. The molecular weight excluding hydrogens is 449 g/mol. The van der Waals surface area contributed by atoms with Gasteiger partial charge in [-0.05, 0) is 29.2 Å². The first-order chi connectivity index (χ1) is 15.3. The Hall–Kier alpha value is -2.77. The number of benzene rings is 3. The number of nitriles is 1. The lowest BCUT2D eigenvalue weighted by Crippen LogP contribution is -2.52. The highest BCUT2D eigenvalue weighted by Gasteiger charge is 2.38. The molecule has 0 spiro atoms. The summed E-state index contributed by atoms with van der Waals surface area (Å²) in [5, 5.41) is 9.55. The molecule has 0 unspecified atom stereocenters. The topological polar surface area (TPSA) is 30.3 Å². The molecule has 2 aliphatic rings. The Kier molecular flexibility index (Phi) is 8.58. The third-order valence-corrected chi connectivity index (χ3v) is 6.58. The van der Waals surface area contributed by atoms with Crippen molar-refractivity contribution in [3.63, 3.8) is 0 Å². The van der Waals surface area contributed by atoms with Crippen molar-refractivity contribution in [2.45, 2.75) is 24.9 Å². The van der Waals surface area contributed by atoms with Crippen LogP contribution in [-0.2, 0) is 6.54 Å². The highest BCUT2D eigenvalue weighted by molar-refractivity contribution is 5.85. The van der Waals surface area contributed by atoms with Gasteiger partial charge in [0.25, 0.3) is 0 Å². The average molecular weight is 478 g/mol. The van der Waals surface area contributed by atoms with E-state index in [0.717, 1.165) is 43.7 Å². The number of piperazine rings is 1. The third kappa shape index (κ3) is 5.25. The Morgan fingerprint density at radius 1 is 0.848 bits per heavy atom. The fraction of sp³-hybridized carbons (Fsp3) is 0.250. The van der Waals surface area contributed by atoms with Crippen LogP contribution in [0.2, 0.25) is 0 Å². The maximum atomic E-state index is 9.55. The highest BCUT2D eigenvalue weighted by Crippen LogP contribution is 2.37. The van der Waals surface area contributed by atoms with Crippen molar-refractivity contribution in [3.05, 3.63) is 119 Å². The number of hydrogen-bond acceptors (Lipinski definition) is 3. The molecular formula is C28H29Cl2N3. The number of hydrogen-bond donors (Lipinski definition) is 0. The lowest BCUT2D eigenvalue weighted by molar-refractivity contribution is 0.111. The van der Waals surface area contributed by atoms with Crippen LogP contribution in [0.4, 0.5) is 0 Å². The molecule has 0 saturated carbocycles. The average Bonchev–Trinajstić information content (AvgIpc) is 3.30. The van der Waals surface area contributed by atoms with Gasteiger partial charge in [-0.2, -0.15) is 5.26 Å². The molecule has 5 rings (SSSR count). The van der Waals surface area contributed by atoms with E-state index in [0.29, 0.717) is 12.0 Å². The van der Waals surface area contributed by atoms with Crippen molar-refractivity contribution in [2.24, 2.45) is 0 Å². The van der Waals surface area contributed by atoms with Crippen LogP contribution in [0.15, 0.2) is 96.7 Å². The maximum absolute atomic E-state index is 9.55. The standard InChI is InChI=1S/C28H27N3.2ClH/c29-18-24-14-7-8-15-25(24)19-30-20-26-16-9-17-31(26)27(21-30)28(22-10-3-1-4-11-22)23-12-5-2-6-13-23;;/h1-8,10-16,27-28H,9,17,19-21H2;2*1H/t27-;;/m0../s1. The minimum atomic E-state index is 0. The summed E-state index contributed by atoms with van der Waals surface area (Å²) >= 11 is 0. The Morgan fingerprint density at radius 2 is 1.45 bits per heavy atom. The minimum absolute atomic E-state index is 0. The summed E-state index contributed by atoms with van der Waals surface area (Å²) < 4.78 is 0. The van der Waals surface area contributed by atoms with Crippen LogP contribution in [0.3, 0.4) is 0 Å². The summed E-state index contributed by atoms with van der Waals surface area (Å²) in [6, 6.07) is 32.6. The smallest absolute Gasteiger partial charge is 0.0995 e. The van der Waals surface area contributed by atoms with E-state index in [9.17, 15) is 5.26 Å². The Labute approximate surface area is 209 Å². The van der Waals surface area contributed by atoms with Gasteiger partial charge < -0.3 is 4.90 Å². The zero-order chi connectivity index (χ0) is 21.0. The van der Waals surface area contributed by atoms with Gasteiger partial charge in [0.2, 0.25) is 0 Å². The lowest BCUT2D eigenvalue weighted by Gasteiger charge is -2.46. The van der Waals surface area contributed by atoms with E-state index in [1.807, 2.05) is 18.2 Å². The third-order valence-electron chi connectivity index (χ3n) is 6.58. The van der Waals surface area contributed by atoms with Crippen LogP contribution in [0.1, 0.15) is 34.6 Å². The molecule has 2 aliphatic heterocycles. The van der Waals surface area contributed by atoms with Crippen molar-refractivity contribution in [3.8, 4) is 6.07 Å². The Balaban J connectivity index is 0.00000153. The highest BCUT2D eigenvalue weighted by atomic mass is 35.5. The van der Waals surface area contributed by atoms with Crippen LogP contribution < -0.4 is 0 Å². The Morgan fingerprint density at radius 3 is 2.09 bits per heavy atom. The number of fused-ring (bicyclic) bond motifs is 1. The van der Waals surface area contributed by atoms with Gasteiger partial charge in [0, 0.05) is 37.8 Å². The zero-order valence-electron chi connectivity index (χ0n) is 18.5. The molecule has 0 aromatic heterocycles. The molecule has 2 heterocycles. The second-order valence-electron chi connectivity index (χ2n) is 8.48.